The molecule has 4 nitrogen and oxygen atoms in total. The van der Waals surface area contributed by atoms with Crippen LogP contribution in [0, 0.1) is 0 Å². The molecule has 3 rings (SSSR count). The van der Waals surface area contributed by atoms with Gasteiger partial charge in [0.1, 0.15) is 11.4 Å². The minimum Gasteiger partial charge on any atom is -0.505 e. The molecule has 0 radical (unpaired) electrons. The third-order valence-electron chi connectivity index (χ3n) is 4.83. The number of phenolic OH excluding ortho intramolecular Hbond substituents is 1. The molecule has 0 aromatic heterocycles. The molecule has 0 aliphatic carbocycles. The molecule has 0 atom stereocenters. The highest BCUT2D eigenvalue weighted by Crippen LogP contribution is 2.45. The van der Waals surface area contributed by atoms with Crippen molar-refractivity contribution in [3.63, 3.8) is 0 Å². The summed E-state index contributed by atoms with van der Waals surface area (Å²) in [5.41, 5.74) is 7.92. The van der Waals surface area contributed by atoms with E-state index in [2.05, 4.69) is 59.1 Å². The van der Waals surface area contributed by atoms with Crippen LogP contribution in [-0.2, 0) is 10.8 Å². The molecule has 0 amide bonds. The van der Waals surface area contributed by atoms with Crippen molar-refractivity contribution in [1.29, 1.82) is 0 Å². The van der Waals surface area contributed by atoms with Crippen LogP contribution in [0.4, 0.5) is 17.1 Å². The molecule has 0 saturated carbocycles. The third-order valence-corrected chi connectivity index (χ3v) is 5.06. The molecule has 5 heteroatoms. The number of halogens is 1. The molecule has 2 aromatic carbocycles. The Hall–Kier alpha value is -2.07. The largest absolute Gasteiger partial charge is 0.505 e. The van der Waals surface area contributed by atoms with E-state index in [1.807, 2.05) is 35.4 Å². The first-order chi connectivity index (χ1) is 11.9. The summed E-state index contributed by atoms with van der Waals surface area (Å²) in [5, 5.41) is 15.6. The zero-order valence-electron chi connectivity index (χ0n) is 16.6. The van der Waals surface area contributed by atoms with Crippen molar-refractivity contribution in [2.75, 3.05) is 22.6 Å². The first-order valence-electron chi connectivity index (χ1n) is 8.87. The zero-order chi connectivity index (χ0) is 19.4. The summed E-state index contributed by atoms with van der Waals surface area (Å²) in [6.45, 7) is 12.9. The van der Waals surface area contributed by atoms with Crippen LogP contribution in [0.15, 0.2) is 30.3 Å². The molecule has 1 heterocycles. The molecule has 0 spiro atoms. The van der Waals surface area contributed by atoms with Crippen LogP contribution < -0.4 is 15.6 Å². The Labute approximate surface area is 161 Å². The van der Waals surface area contributed by atoms with E-state index in [0.29, 0.717) is 10.8 Å². The molecule has 2 N–H and O–H groups in total. The topological polar surface area (TPSA) is 38.7 Å². The maximum atomic E-state index is 11.1. The Morgan fingerprint density at radius 2 is 1.58 bits per heavy atom. The zero-order valence-corrected chi connectivity index (χ0v) is 17.4. The van der Waals surface area contributed by atoms with Crippen molar-refractivity contribution in [1.82, 2.24) is 0 Å². The van der Waals surface area contributed by atoms with Gasteiger partial charge in [-0.3, -0.25) is 10.4 Å². The molecule has 140 valence electrons. The SMILES string of the molecule is CN1c2ccc(Cl)cc2NN1c1cc(C(C)(C)C)cc(C(C)(C)C)c1O. The van der Waals surface area contributed by atoms with E-state index in [-0.39, 0.29) is 10.8 Å². The highest BCUT2D eigenvalue weighted by Gasteiger charge is 2.31. The third kappa shape index (κ3) is 3.18. The normalized spacial score (nSPS) is 14.5. The summed E-state index contributed by atoms with van der Waals surface area (Å²) in [4.78, 5) is 0. The molecule has 1 aliphatic rings. The second-order valence-electron chi connectivity index (χ2n) is 9.00. The van der Waals surface area contributed by atoms with Gasteiger partial charge in [-0.2, -0.15) is 5.12 Å². The van der Waals surface area contributed by atoms with Crippen molar-refractivity contribution < 1.29 is 5.11 Å². The van der Waals surface area contributed by atoms with Gasteiger partial charge in [-0.1, -0.05) is 59.2 Å². The monoisotopic (exact) mass is 373 g/mol. The van der Waals surface area contributed by atoms with Gasteiger partial charge in [-0.15, -0.1) is 0 Å². The van der Waals surface area contributed by atoms with Gasteiger partial charge in [0.2, 0.25) is 0 Å². The minimum absolute atomic E-state index is 0.0308. The van der Waals surface area contributed by atoms with Crippen LogP contribution in [0.2, 0.25) is 5.02 Å². The number of hydrogen-bond donors (Lipinski definition) is 2. The van der Waals surface area contributed by atoms with Gasteiger partial charge in [0, 0.05) is 17.6 Å². The summed E-state index contributed by atoms with van der Waals surface area (Å²) < 4.78 is 0. The molecule has 0 unspecified atom stereocenters. The fourth-order valence-electron chi connectivity index (χ4n) is 3.18. The molecular weight excluding hydrogens is 346 g/mol. The number of hydrazine groups is 2. The van der Waals surface area contributed by atoms with Crippen LogP contribution in [0.5, 0.6) is 5.75 Å². The lowest BCUT2D eigenvalue weighted by molar-refractivity contribution is 0.444. The average Bonchev–Trinajstić information content (AvgIpc) is 2.81. The van der Waals surface area contributed by atoms with Gasteiger partial charge in [0.15, 0.2) is 0 Å². The fourth-order valence-corrected chi connectivity index (χ4v) is 3.36. The summed E-state index contributed by atoms with van der Waals surface area (Å²) >= 11 is 6.14. The number of hydrogen-bond acceptors (Lipinski definition) is 4. The standard InChI is InChI=1S/C21H28ClN3O/c1-20(2,3)13-10-15(21(4,5)6)19(26)18(11-13)25-23-16-12-14(22)8-9-17(16)24(25)7/h8-12,23,26H,1-7H3. The van der Waals surface area contributed by atoms with Crippen LogP contribution in [0.3, 0.4) is 0 Å². The molecule has 1 aliphatic heterocycles. The Morgan fingerprint density at radius 1 is 0.923 bits per heavy atom. The number of anilines is 3. The molecule has 2 aromatic rings. The first-order valence-corrected chi connectivity index (χ1v) is 9.25. The molecule has 0 bridgehead atoms. The maximum Gasteiger partial charge on any atom is 0.146 e. The molecule has 0 fully saturated rings. The minimum atomic E-state index is -0.172. The molecular formula is C21H28ClN3O. The number of rotatable bonds is 1. The Balaban J connectivity index is 2.16. The lowest BCUT2D eigenvalue weighted by Crippen LogP contribution is -2.39. The predicted octanol–water partition coefficient (Wildman–Crippen LogP) is 5.84. The van der Waals surface area contributed by atoms with Crippen LogP contribution in [0.1, 0.15) is 52.7 Å². The second-order valence-corrected chi connectivity index (χ2v) is 9.44. The number of nitrogens with zero attached hydrogens (tertiary/aromatic N) is 2. The number of aromatic hydroxyl groups is 1. The van der Waals surface area contributed by atoms with Crippen molar-refractivity contribution >= 4 is 28.7 Å². The average molecular weight is 374 g/mol. The van der Waals surface area contributed by atoms with Gasteiger partial charge < -0.3 is 5.11 Å². The first kappa shape index (κ1) is 18.7. The van der Waals surface area contributed by atoms with Gasteiger partial charge in [0.25, 0.3) is 0 Å². The number of benzene rings is 2. The van der Waals surface area contributed by atoms with Gasteiger partial charge in [-0.05, 0) is 40.7 Å². The van der Waals surface area contributed by atoms with Crippen molar-refractivity contribution in [3.05, 3.63) is 46.5 Å². The Bertz CT molecular complexity index is 850. The highest BCUT2D eigenvalue weighted by molar-refractivity contribution is 6.31. The Kier molecular flexibility index (Phi) is 4.31. The van der Waals surface area contributed by atoms with Gasteiger partial charge in [-0.25, -0.2) is 0 Å². The van der Waals surface area contributed by atoms with E-state index in [0.717, 1.165) is 22.6 Å². The highest BCUT2D eigenvalue weighted by atomic mass is 35.5. The summed E-state index contributed by atoms with van der Waals surface area (Å²) in [6, 6.07) is 9.91. The van der Waals surface area contributed by atoms with E-state index < -0.39 is 0 Å². The van der Waals surface area contributed by atoms with E-state index in [1.54, 1.807) is 0 Å². The van der Waals surface area contributed by atoms with E-state index in [1.165, 1.54) is 5.56 Å². The fraction of sp³-hybridized carbons (Fsp3) is 0.429. The summed E-state index contributed by atoms with van der Waals surface area (Å²) in [7, 11) is 1.96. The van der Waals surface area contributed by atoms with Crippen LogP contribution in [-0.4, -0.2) is 12.2 Å². The second kappa shape index (κ2) is 5.98. The lowest BCUT2D eigenvalue weighted by Gasteiger charge is -2.33. The number of fused-ring (bicyclic) bond motifs is 1. The number of nitrogens with one attached hydrogen (secondary N) is 1. The summed E-state index contributed by atoms with van der Waals surface area (Å²) in [5.74, 6) is 0.295. The molecule has 0 saturated heterocycles. The van der Waals surface area contributed by atoms with Crippen LogP contribution >= 0.6 is 11.6 Å². The van der Waals surface area contributed by atoms with Crippen molar-refractivity contribution in [2.24, 2.45) is 0 Å². The quantitative estimate of drug-likeness (QED) is 0.658. The van der Waals surface area contributed by atoms with Crippen molar-refractivity contribution in [2.45, 2.75) is 52.4 Å². The summed E-state index contributed by atoms with van der Waals surface area (Å²) in [6.07, 6.45) is 0. The van der Waals surface area contributed by atoms with Crippen LogP contribution in [0.25, 0.3) is 0 Å². The number of phenols is 1. The van der Waals surface area contributed by atoms with E-state index in [9.17, 15) is 5.11 Å². The Morgan fingerprint density at radius 3 is 2.15 bits per heavy atom. The van der Waals surface area contributed by atoms with Gasteiger partial charge in [0.05, 0.1) is 11.4 Å². The van der Waals surface area contributed by atoms with E-state index in [4.69, 9.17) is 11.6 Å². The van der Waals surface area contributed by atoms with Crippen molar-refractivity contribution in [3.8, 4) is 5.75 Å². The lowest BCUT2D eigenvalue weighted by atomic mass is 9.79. The predicted molar refractivity (Wildman–Crippen MR) is 111 cm³/mol. The van der Waals surface area contributed by atoms with Gasteiger partial charge >= 0.3 is 0 Å². The molecule has 26 heavy (non-hydrogen) atoms. The van der Waals surface area contributed by atoms with E-state index >= 15 is 0 Å². The smallest absolute Gasteiger partial charge is 0.146 e. The maximum absolute atomic E-state index is 11.1.